The van der Waals surface area contributed by atoms with E-state index in [1.165, 1.54) is 11.3 Å². The lowest BCUT2D eigenvalue weighted by molar-refractivity contribution is 0.500. The number of anilines is 1. The van der Waals surface area contributed by atoms with Crippen LogP contribution in [0.4, 0.5) is 5.69 Å². The smallest absolute Gasteiger partial charge is 0.0426 e. The fourth-order valence-corrected chi connectivity index (χ4v) is 2.26. The normalized spacial score (nSPS) is 21.8. The zero-order valence-corrected chi connectivity index (χ0v) is 10.0. The minimum atomic E-state index is 0.538. The number of nitrogens with one attached hydrogen (secondary N) is 1. The Bertz CT molecular complexity index is 351. The summed E-state index contributed by atoms with van der Waals surface area (Å²) in [7, 11) is 0. The molecule has 0 aliphatic carbocycles. The summed E-state index contributed by atoms with van der Waals surface area (Å²) in [6.45, 7) is 7.54. The van der Waals surface area contributed by atoms with Crippen LogP contribution in [0.2, 0.25) is 5.02 Å². The summed E-state index contributed by atoms with van der Waals surface area (Å²) in [6, 6.07) is 6.65. The highest BCUT2D eigenvalue weighted by Gasteiger charge is 2.19. The molecule has 82 valence electrons. The number of hydrogen-bond acceptors (Lipinski definition) is 2. The van der Waals surface area contributed by atoms with Gasteiger partial charge in [0.15, 0.2) is 0 Å². The van der Waals surface area contributed by atoms with E-state index in [2.05, 4.69) is 36.2 Å². The van der Waals surface area contributed by atoms with Crippen molar-refractivity contribution in [1.29, 1.82) is 0 Å². The third kappa shape index (κ3) is 2.27. The fraction of sp³-hybridized carbons (Fsp3) is 0.500. The molecule has 1 aliphatic rings. The van der Waals surface area contributed by atoms with Crippen molar-refractivity contribution >= 4 is 17.3 Å². The molecule has 15 heavy (non-hydrogen) atoms. The molecule has 1 saturated heterocycles. The number of benzene rings is 1. The molecule has 0 radical (unpaired) electrons. The van der Waals surface area contributed by atoms with Gasteiger partial charge in [-0.05, 0) is 31.5 Å². The van der Waals surface area contributed by atoms with E-state index in [1.807, 2.05) is 6.07 Å². The van der Waals surface area contributed by atoms with Crippen LogP contribution in [-0.2, 0) is 0 Å². The number of hydrogen-bond donors (Lipinski definition) is 1. The van der Waals surface area contributed by atoms with Gasteiger partial charge < -0.3 is 10.2 Å². The molecule has 1 atom stereocenters. The molecule has 0 saturated carbocycles. The molecular formula is C12H17ClN2. The van der Waals surface area contributed by atoms with Gasteiger partial charge in [0.2, 0.25) is 0 Å². The van der Waals surface area contributed by atoms with Crippen molar-refractivity contribution < 1.29 is 0 Å². The van der Waals surface area contributed by atoms with E-state index in [-0.39, 0.29) is 0 Å². The highest BCUT2D eigenvalue weighted by atomic mass is 35.5. The Labute approximate surface area is 96.2 Å². The molecule has 2 nitrogen and oxygen atoms in total. The van der Waals surface area contributed by atoms with Gasteiger partial charge in [-0.15, -0.1) is 0 Å². The monoisotopic (exact) mass is 224 g/mol. The van der Waals surface area contributed by atoms with Crippen LogP contribution in [0.15, 0.2) is 18.2 Å². The molecule has 3 heteroatoms. The van der Waals surface area contributed by atoms with Crippen molar-refractivity contribution in [3.8, 4) is 0 Å². The maximum absolute atomic E-state index is 6.04. The maximum Gasteiger partial charge on any atom is 0.0426 e. The molecule has 0 amide bonds. The molecule has 0 bridgehead atoms. The zero-order valence-electron chi connectivity index (χ0n) is 9.26. The van der Waals surface area contributed by atoms with E-state index in [0.717, 1.165) is 24.7 Å². The highest BCUT2D eigenvalue weighted by molar-refractivity contribution is 6.30. The largest absolute Gasteiger partial charge is 0.366 e. The van der Waals surface area contributed by atoms with E-state index in [9.17, 15) is 0 Å². The lowest BCUT2D eigenvalue weighted by Gasteiger charge is -2.36. The summed E-state index contributed by atoms with van der Waals surface area (Å²) in [6.07, 6.45) is 0. The summed E-state index contributed by atoms with van der Waals surface area (Å²) in [5.74, 6) is 0. The van der Waals surface area contributed by atoms with Crippen molar-refractivity contribution in [2.24, 2.45) is 0 Å². The van der Waals surface area contributed by atoms with Gasteiger partial charge in [-0.25, -0.2) is 0 Å². The van der Waals surface area contributed by atoms with Crippen LogP contribution in [0.5, 0.6) is 0 Å². The lowest BCUT2D eigenvalue weighted by Crippen LogP contribution is -2.50. The van der Waals surface area contributed by atoms with E-state index >= 15 is 0 Å². The summed E-state index contributed by atoms with van der Waals surface area (Å²) in [5, 5.41) is 4.21. The van der Waals surface area contributed by atoms with E-state index in [0.29, 0.717) is 6.04 Å². The van der Waals surface area contributed by atoms with Gasteiger partial charge >= 0.3 is 0 Å². The average Bonchev–Trinajstić information content (AvgIpc) is 2.23. The molecule has 1 aromatic rings. The van der Waals surface area contributed by atoms with E-state index in [4.69, 9.17) is 11.6 Å². The molecule has 1 aliphatic heterocycles. The Balaban J connectivity index is 2.30. The van der Waals surface area contributed by atoms with Crippen LogP contribution < -0.4 is 10.2 Å². The van der Waals surface area contributed by atoms with Crippen LogP contribution >= 0.6 is 11.6 Å². The van der Waals surface area contributed by atoms with Crippen LogP contribution in [0.1, 0.15) is 12.5 Å². The molecule has 1 aromatic carbocycles. The Hall–Kier alpha value is -0.730. The second-order valence-corrected chi connectivity index (χ2v) is 4.61. The van der Waals surface area contributed by atoms with Crippen molar-refractivity contribution in [2.75, 3.05) is 24.5 Å². The van der Waals surface area contributed by atoms with E-state index < -0.39 is 0 Å². The second kappa shape index (κ2) is 4.42. The van der Waals surface area contributed by atoms with E-state index in [1.54, 1.807) is 0 Å². The molecule has 1 N–H and O–H groups in total. The van der Waals surface area contributed by atoms with Gasteiger partial charge in [0.1, 0.15) is 0 Å². The third-order valence-electron chi connectivity index (χ3n) is 2.98. The van der Waals surface area contributed by atoms with Crippen LogP contribution in [0.3, 0.4) is 0 Å². The number of aryl methyl sites for hydroxylation is 1. The predicted molar refractivity (Wildman–Crippen MR) is 65.9 cm³/mol. The molecule has 2 rings (SSSR count). The molecule has 0 spiro atoms. The molecule has 1 heterocycles. The van der Waals surface area contributed by atoms with Gasteiger partial charge in [0, 0.05) is 36.4 Å². The zero-order chi connectivity index (χ0) is 10.8. The maximum atomic E-state index is 6.04. The SMILES string of the molecule is Cc1ccc(Cl)cc1N1CCNC[C@@H]1C. The number of nitrogens with zero attached hydrogens (tertiary/aromatic N) is 1. The van der Waals surface area contributed by atoms with Crippen molar-refractivity contribution in [3.05, 3.63) is 28.8 Å². The van der Waals surface area contributed by atoms with Crippen molar-refractivity contribution in [3.63, 3.8) is 0 Å². The summed E-state index contributed by atoms with van der Waals surface area (Å²) >= 11 is 6.04. The topological polar surface area (TPSA) is 15.3 Å². The summed E-state index contributed by atoms with van der Waals surface area (Å²) in [5.41, 5.74) is 2.57. The van der Waals surface area contributed by atoms with Gasteiger partial charge in [-0.2, -0.15) is 0 Å². The molecule has 0 unspecified atom stereocenters. The van der Waals surface area contributed by atoms with Crippen LogP contribution in [0.25, 0.3) is 0 Å². The molecular weight excluding hydrogens is 208 g/mol. The number of rotatable bonds is 1. The average molecular weight is 225 g/mol. The van der Waals surface area contributed by atoms with Crippen LogP contribution in [0, 0.1) is 6.92 Å². The Morgan fingerprint density at radius 1 is 1.47 bits per heavy atom. The van der Waals surface area contributed by atoms with Gasteiger partial charge in [0.05, 0.1) is 0 Å². The Morgan fingerprint density at radius 3 is 3.00 bits per heavy atom. The lowest BCUT2D eigenvalue weighted by atomic mass is 10.1. The first-order chi connectivity index (χ1) is 7.18. The van der Waals surface area contributed by atoms with Crippen molar-refractivity contribution in [2.45, 2.75) is 19.9 Å². The summed E-state index contributed by atoms with van der Waals surface area (Å²) < 4.78 is 0. The second-order valence-electron chi connectivity index (χ2n) is 4.18. The van der Waals surface area contributed by atoms with Crippen molar-refractivity contribution in [1.82, 2.24) is 5.32 Å². The number of piperazine rings is 1. The molecule has 1 fully saturated rings. The minimum absolute atomic E-state index is 0.538. The molecule has 0 aromatic heterocycles. The predicted octanol–water partition coefficient (Wildman–Crippen LogP) is 2.45. The minimum Gasteiger partial charge on any atom is -0.366 e. The summed E-state index contributed by atoms with van der Waals surface area (Å²) in [4.78, 5) is 2.43. The first-order valence-electron chi connectivity index (χ1n) is 5.42. The fourth-order valence-electron chi connectivity index (χ4n) is 2.09. The Morgan fingerprint density at radius 2 is 2.27 bits per heavy atom. The first kappa shape index (κ1) is 10.8. The van der Waals surface area contributed by atoms with Gasteiger partial charge in [-0.3, -0.25) is 0 Å². The number of halogens is 1. The first-order valence-corrected chi connectivity index (χ1v) is 5.80. The quantitative estimate of drug-likeness (QED) is 0.789. The van der Waals surface area contributed by atoms with Gasteiger partial charge in [-0.1, -0.05) is 17.7 Å². The highest BCUT2D eigenvalue weighted by Crippen LogP contribution is 2.26. The third-order valence-corrected chi connectivity index (χ3v) is 3.22. The standard InChI is InChI=1S/C12H17ClN2/c1-9-3-4-11(13)7-12(9)15-6-5-14-8-10(15)2/h3-4,7,10,14H,5-6,8H2,1-2H3/t10-/m0/s1. The van der Waals surface area contributed by atoms with Gasteiger partial charge in [0.25, 0.3) is 0 Å². The van der Waals surface area contributed by atoms with Crippen LogP contribution in [-0.4, -0.2) is 25.7 Å². The Kier molecular flexibility index (Phi) is 3.17.